The molecule has 0 aliphatic heterocycles. The van der Waals surface area contributed by atoms with Crippen LogP contribution in [-0.4, -0.2) is 18.9 Å². The SMILES string of the molecule is COC(=O)/C=C/C(C)c1cccc(C(=O)c2ccccc2)c1. The minimum Gasteiger partial charge on any atom is -0.466 e. The highest BCUT2D eigenvalue weighted by atomic mass is 16.5. The van der Waals surface area contributed by atoms with Crippen molar-refractivity contribution in [1.29, 1.82) is 0 Å². The topological polar surface area (TPSA) is 43.4 Å². The fourth-order valence-corrected chi connectivity index (χ4v) is 2.12. The molecule has 2 aromatic carbocycles. The zero-order valence-corrected chi connectivity index (χ0v) is 12.7. The van der Waals surface area contributed by atoms with E-state index in [1.165, 1.54) is 13.2 Å². The Labute approximate surface area is 130 Å². The number of hydrogen-bond acceptors (Lipinski definition) is 3. The monoisotopic (exact) mass is 294 g/mol. The van der Waals surface area contributed by atoms with E-state index in [1.807, 2.05) is 43.3 Å². The lowest BCUT2D eigenvalue weighted by Crippen LogP contribution is -2.02. The predicted octanol–water partition coefficient (Wildman–Crippen LogP) is 3.75. The number of rotatable bonds is 5. The third kappa shape index (κ3) is 3.92. The molecule has 0 aliphatic rings. The van der Waals surface area contributed by atoms with Crippen molar-refractivity contribution >= 4 is 11.8 Å². The number of carbonyl (C=O) groups is 2. The van der Waals surface area contributed by atoms with Crippen LogP contribution in [0.3, 0.4) is 0 Å². The Morgan fingerprint density at radius 2 is 1.68 bits per heavy atom. The van der Waals surface area contributed by atoms with E-state index in [2.05, 4.69) is 4.74 Å². The first-order chi connectivity index (χ1) is 10.6. The van der Waals surface area contributed by atoms with Gasteiger partial charge in [0.15, 0.2) is 5.78 Å². The van der Waals surface area contributed by atoms with Gasteiger partial charge in [0.1, 0.15) is 0 Å². The molecule has 22 heavy (non-hydrogen) atoms. The van der Waals surface area contributed by atoms with Crippen LogP contribution in [0.4, 0.5) is 0 Å². The number of methoxy groups -OCH3 is 1. The van der Waals surface area contributed by atoms with E-state index in [0.717, 1.165) is 5.56 Å². The molecule has 0 saturated heterocycles. The average Bonchev–Trinajstić information content (AvgIpc) is 2.59. The zero-order valence-electron chi connectivity index (χ0n) is 12.7. The fourth-order valence-electron chi connectivity index (χ4n) is 2.12. The molecule has 0 radical (unpaired) electrons. The zero-order chi connectivity index (χ0) is 15.9. The van der Waals surface area contributed by atoms with Crippen LogP contribution in [0.5, 0.6) is 0 Å². The molecule has 1 unspecified atom stereocenters. The van der Waals surface area contributed by atoms with Gasteiger partial charge in [0, 0.05) is 17.2 Å². The fraction of sp³-hybridized carbons (Fsp3) is 0.158. The normalized spacial score (nSPS) is 12.1. The van der Waals surface area contributed by atoms with Crippen LogP contribution in [-0.2, 0) is 9.53 Å². The van der Waals surface area contributed by atoms with Gasteiger partial charge in [0.2, 0.25) is 0 Å². The third-order valence-corrected chi connectivity index (χ3v) is 3.43. The molecule has 0 bridgehead atoms. The number of allylic oxidation sites excluding steroid dienone is 1. The summed E-state index contributed by atoms with van der Waals surface area (Å²) in [6, 6.07) is 16.6. The molecule has 2 aromatic rings. The van der Waals surface area contributed by atoms with E-state index in [0.29, 0.717) is 11.1 Å². The molecule has 1 atom stereocenters. The Morgan fingerprint density at radius 3 is 2.36 bits per heavy atom. The highest BCUT2D eigenvalue weighted by Gasteiger charge is 2.10. The van der Waals surface area contributed by atoms with Crippen molar-refractivity contribution < 1.29 is 14.3 Å². The highest BCUT2D eigenvalue weighted by molar-refractivity contribution is 6.09. The maximum Gasteiger partial charge on any atom is 0.330 e. The molecular formula is C19H18O3. The maximum absolute atomic E-state index is 12.4. The summed E-state index contributed by atoms with van der Waals surface area (Å²) in [5.41, 5.74) is 2.28. The summed E-state index contributed by atoms with van der Waals surface area (Å²) in [5, 5.41) is 0. The molecule has 0 amide bonds. The second kappa shape index (κ2) is 7.36. The summed E-state index contributed by atoms with van der Waals surface area (Å²) in [4.78, 5) is 23.6. The Bertz CT molecular complexity index is 687. The van der Waals surface area contributed by atoms with Crippen molar-refractivity contribution in [2.75, 3.05) is 7.11 Å². The summed E-state index contributed by atoms with van der Waals surface area (Å²) in [6.07, 6.45) is 3.16. The first kappa shape index (κ1) is 15.7. The lowest BCUT2D eigenvalue weighted by Gasteiger charge is -2.09. The van der Waals surface area contributed by atoms with Crippen LogP contribution in [0, 0.1) is 0 Å². The lowest BCUT2D eigenvalue weighted by atomic mass is 9.95. The molecular weight excluding hydrogens is 276 g/mol. The largest absolute Gasteiger partial charge is 0.466 e. The van der Waals surface area contributed by atoms with Gasteiger partial charge in [-0.2, -0.15) is 0 Å². The van der Waals surface area contributed by atoms with Crippen LogP contribution in [0.2, 0.25) is 0 Å². The number of benzene rings is 2. The second-order valence-electron chi connectivity index (χ2n) is 4.99. The van der Waals surface area contributed by atoms with Gasteiger partial charge < -0.3 is 4.74 Å². The molecule has 0 N–H and O–H groups in total. The molecule has 2 rings (SSSR count). The van der Waals surface area contributed by atoms with Gasteiger partial charge >= 0.3 is 5.97 Å². The van der Waals surface area contributed by atoms with Crippen LogP contribution in [0.15, 0.2) is 66.7 Å². The van der Waals surface area contributed by atoms with E-state index in [-0.39, 0.29) is 17.7 Å². The maximum atomic E-state index is 12.4. The minimum atomic E-state index is -0.386. The first-order valence-corrected chi connectivity index (χ1v) is 7.07. The summed E-state index contributed by atoms with van der Waals surface area (Å²) < 4.78 is 4.58. The predicted molar refractivity (Wildman–Crippen MR) is 85.9 cm³/mol. The van der Waals surface area contributed by atoms with E-state index in [4.69, 9.17) is 0 Å². The highest BCUT2D eigenvalue weighted by Crippen LogP contribution is 2.19. The van der Waals surface area contributed by atoms with E-state index in [1.54, 1.807) is 24.3 Å². The van der Waals surface area contributed by atoms with Crippen molar-refractivity contribution in [3.63, 3.8) is 0 Å². The molecule has 0 spiro atoms. The molecule has 0 aromatic heterocycles. The van der Waals surface area contributed by atoms with E-state index in [9.17, 15) is 9.59 Å². The van der Waals surface area contributed by atoms with Crippen molar-refractivity contribution in [2.45, 2.75) is 12.8 Å². The van der Waals surface area contributed by atoms with Crippen molar-refractivity contribution in [1.82, 2.24) is 0 Å². The molecule has 112 valence electrons. The minimum absolute atomic E-state index is 0.00778. The molecule has 0 fully saturated rings. The van der Waals surface area contributed by atoms with E-state index >= 15 is 0 Å². The third-order valence-electron chi connectivity index (χ3n) is 3.43. The van der Waals surface area contributed by atoms with Crippen LogP contribution < -0.4 is 0 Å². The number of ketones is 1. The van der Waals surface area contributed by atoms with Crippen molar-refractivity contribution in [3.05, 3.63) is 83.4 Å². The summed E-state index contributed by atoms with van der Waals surface area (Å²) >= 11 is 0. The Morgan fingerprint density at radius 1 is 1.00 bits per heavy atom. The van der Waals surface area contributed by atoms with Crippen molar-refractivity contribution in [3.8, 4) is 0 Å². The quantitative estimate of drug-likeness (QED) is 0.479. The molecule has 0 aliphatic carbocycles. The average molecular weight is 294 g/mol. The number of carbonyl (C=O) groups excluding carboxylic acids is 2. The Balaban J connectivity index is 2.21. The van der Waals surface area contributed by atoms with Gasteiger partial charge in [-0.3, -0.25) is 4.79 Å². The summed E-state index contributed by atoms with van der Waals surface area (Å²) in [5.74, 6) is -0.377. The van der Waals surface area contributed by atoms with Gasteiger partial charge in [-0.15, -0.1) is 0 Å². The number of ether oxygens (including phenoxy) is 1. The van der Waals surface area contributed by atoms with Gasteiger partial charge in [0.05, 0.1) is 7.11 Å². The number of esters is 1. The Kier molecular flexibility index (Phi) is 5.26. The summed E-state index contributed by atoms with van der Waals surface area (Å²) in [7, 11) is 1.34. The lowest BCUT2D eigenvalue weighted by molar-refractivity contribution is -0.134. The van der Waals surface area contributed by atoms with Gasteiger partial charge in [-0.05, 0) is 17.5 Å². The Hall–Kier alpha value is -2.68. The smallest absolute Gasteiger partial charge is 0.330 e. The van der Waals surface area contributed by atoms with Crippen molar-refractivity contribution in [2.24, 2.45) is 0 Å². The van der Waals surface area contributed by atoms with Gasteiger partial charge in [-0.25, -0.2) is 4.79 Å². The second-order valence-corrected chi connectivity index (χ2v) is 4.99. The van der Waals surface area contributed by atoms with Gasteiger partial charge in [0.25, 0.3) is 0 Å². The first-order valence-electron chi connectivity index (χ1n) is 7.07. The van der Waals surface area contributed by atoms with E-state index < -0.39 is 0 Å². The molecule has 0 saturated carbocycles. The summed E-state index contributed by atoms with van der Waals surface area (Å²) in [6.45, 7) is 1.96. The standard InChI is InChI=1S/C19H18O3/c1-14(11-12-18(20)22-2)16-9-6-10-17(13-16)19(21)15-7-4-3-5-8-15/h3-14H,1-2H3/b12-11+. The molecule has 3 nitrogen and oxygen atoms in total. The number of hydrogen-bond donors (Lipinski definition) is 0. The van der Waals surface area contributed by atoms with Crippen LogP contribution >= 0.6 is 0 Å². The molecule has 0 heterocycles. The van der Waals surface area contributed by atoms with Crippen LogP contribution in [0.25, 0.3) is 0 Å². The van der Waals surface area contributed by atoms with Gasteiger partial charge in [-0.1, -0.05) is 61.5 Å². The molecule has 3 heteroatoms. The van der Waals surface area contributed by atoms with Crippen LogP contribution in [0.1, 0.15) is 34.3 Å².